The summed E-state index contributed by atoms with van der Waals surface area (Å²) in [5.74, 6) is 2.54. The molecule has 0 spiro atoms. The first kappa shape index (κ1) is 15.9. The van der Waals surface area contributed by atoms with Gasteiger partial charge >= 0.3 is 0 Å². The van der Waals surface area contributed by atoms with Crippen LogP contribution in [0.2, 0.25) is 0 Å². The maximum absolute atomic E-state index is 14.4. The Morgan fingerprint density at radius 3 is 1.52 bits per heavy atom. The molecule has 2 aromatic rings. The molecule has 25 heavy (non-hydrogen) atoms. The lowest BCUT2D eigenvalue weighted by molar-refractivity contribution is -0.00812. The average Bonchev–Trinajstić information content (AvgIpc) is 2.61. The van der Waals surface area contributed by atoms with Gasteiger partial charge in [0.25, 0.3) is 0 Å². The molecule has 0 aliphatic heterocycles. The fourth-order valence-electron chi connectivity index (χ4n) is 6.14. The molecule has 0 amide bonds. The standard InChI is InChI=1S/C22H26NOP/c24-25(20-7-3-1-4-8-20,21-9-5-2-6-10-21)23-22-14-17-11-18(15-22)13-19(12-17)16-22/h1-10,17-19H,11-16H2,(H,23,24). The van der Waals surface area contributed by atoms with Crippen LogP contribution in [0.25, 0.3) is 0 Å². The van der Waals surface area contributed by atoms with E-state index in [2.05, 4.69) is 5.09 Å². The summed E-state index contributed by atoms with van der Waals surface area (Å²) in [6, 6.07) is 20.1. The second-order valence-electron chi connectivity index (χ2n) is 8.59. The molecule has 130 valence electrons. The van der Waals surface area contributed by atoms with Gasteiger partial charge in [0.1, 0.15) is 0 Å². The minimum absolute atomic E-state index is 0.0793. The van der Waals surface area contributed by atoms with Crippen molar-refractivity contribution in [3.05, 3.63) is 60.7 Å². The van der Waals surface area contributed by atoms with E-state index >= 15 is 0 Å². The number of benzene rings is 2. The van der Waals surface area contributed by atoms with Gasteiger partial charge in [0, 0.05) is 16.1 Å². The van der Waals surface area contributed by atoms with E-state index in [1.165, 1.54) is 38.5 Å². The number of hydrogen-bond acceptors (Lipinski definition) is 1. The molecule has 3 heteroatoms. The predicted octanol–water partition coefficient (Wildman–Crippen LogP) is 4.47. The smallest absolute Gasteiger partial charge is 0.205 e. The van der Waals surface area contributed by atoms with Gasteiger partial charge in [-0.05, 0) is 80.5 Å². The summed E-state index contributed by atoms with van der Waals surface area (Å²) in [5, 5.41) is 5.71. The molecule has 0 saturated heterocycles. The molecule has 4 saturated carbocycles. The molecule has 2 nitrogen and oxygen atoms in total. The van der Waals surface area contributed by atoms with Gasteiger partial charge in [-0.15, -0.1) is 0 Å². The van der Waals surface area contributed by atoms with Crippen LogP contribution in [-0.4, -0.2) is 5.54 Å². The first-order valence-corrected chi connectivity index (χ1v) is 11.4. The molecule has 1 N–H and O–H groups in total. The molecule has 0 atom stereocenters. The Labute approximate surface area is 150 Å². The summed E-state index contributed by atoms with van der Waals surface area (Å²) < 4.78 is 14.4. The Hall–Kier alpha value is -1.37. The van der Waals surface area contributed by atoms with Crippen LogP contribution in [0.3, 0.4) is 0 Å². The van der Waals surface area contributed by atoms with E-state index in [4.69, 9.17) is 0 Å². The van der Waals surface area contributed by atoms with E-state index in [-0.39, 0.29) is 5.54 Å². The van der Waals surface area contributed by atoms with Crippen LogP contribution >= 0.6 is 7.29 Å². The second-order valence-corrected chi connectivity index (χ2v) is 11.1. The van der Waals surface area contributed by atoms with Crippen LogP contribution in [0.15, 0.2) is 60.7 Å². The van der Waals surface area contributed by atoms with Gasteiger partial charge in [-0.3, -0.25) is 9.65 Å². The lowest BCUT2D eigenvalue weighted by atomic mass is 9.53. The first-order valence-electron chi connectivity index (χ1n) is 9.66. The zero-order chi connectivity index (χ0) is 16.9. The number of rotatable bonds is 4. The van der Waals surface area contributed by atoms with Crippen molar-refractivity contribution in [1.29, 1.82) is 0 Å². The van der Waals surface area contributed by atoms with Crippen LogP contribution in [0.5, 0.6) is 0 Å². The Kier molecular flexibility index (Phi) is 3.69. The largest absolute Gasteiger partial charge is 0.297 e. The fourth-order valence-corrected chi connectivity index (χ4v) is 8.82. The van der Waals surface area contributed by atoms with Crippen molar-refractivity contribution in [2.45, 2.75) is 44.1 Å². The highest BCUT2D eigenvalue weighted by molar-refractivity contribution is 7.77. The van der Waals surface area contributed by atoms with Crippen LogP contribution in [0.1, 0.15) is 38.5 Å². The minimum Gasteiger partial charge on any atom is -0.297 e. The Bertz CT molecular complexity index is 723. The topological polar surface area (TPSA) is 29.1 Å². The maximum atomic E-state index is 14.4. The molecule has 0 radical (unpaired) electrons. The average molecular weight is 351 g/mol. The zero-order valence-electron chi connectivity index (χ0n) is 14.6. The Morgan fingerprint density at radius 1 is 0.720 bits per heavy atom. The highest BCUT2D eigenvalue weighted by atomic mass is 31.2. The number of nitrogens with one attached hydrogen (secondary N) is 1. The Balaban J connectivity index is 1.57. The molecular formula is C22H26NOP. The Morgan fingerprint density at radius 2 is 1.12 bits per heavy atom. The van der Waals surface area contributed by atoms with Crippen molar-refractivity contribution in [2.24, 2.45) is 17.8 Å². The first-order chi connectivity index (χ1) is 12.2. The molecule has 4 bridgehead atoms. The van der Waals surface area contributed by atoms with Gasteiger partial charge in [0.05, 0.1) is 0 Å². The van der Waals surface area contributed by atoms with Crippen molar-refractivity contribution in [3.63, 3.8) is 0 Å². The van der Waals surface area contributed by atoms with E-state index < -0.39 is 7.29 Å². The van der Waals surface area contributed by atoms with E-state index in [0.717, 1.165) is 28.4 Å². The molecule has 6 rings (SSSR count). The quantitative estimate of drug-likeness (QED) is 0.823. The van der Waals surface area contributed by atoms with Crippen LogP contribution < -0.4 is 15.7 Å². The highest BCUT2D eigenvalue weighted by Crippen LogP contribution is 2.58. The maximum Gasteiger partial charge on any atom is 0.205 e. The van der Waals surface area contributed by atoms with Gasteiger partial charge in [0.15, 0.2) is 0 Å². The second kappa shape index (κ2) is 5.83. The lowest BCUT2D eigenvalue weighted by Crippen LogP contribution is -2.58. The summed E-state index contributed by atoms with van der Waals surface area (Å²) in [7, 11) is -2.82. The van der Waals surface area contributed by atoms with Gasteiger partial charge < -0.3 is 0 Å². The molecule has 4 aliphatic rings. The van der Waals surface area contributed by atoms with Crippen molar-refractivity contribution >= 4 is 17.9 Å². The van der Waals surface area contributed by atoms with Gasteiger partial charge in [-0.1, -0.05) is 36.4 Å². The number of hydrogen-bond donors (Lipinski definition) is 1. The summed E-state index contributed by atoms with van der Waals surface area (Å²) in [5.41, 5.74) is 0.0793. The predicted molar refractivity (Wildman–Crippen MR) is 104 cm³/mol. The van der Waals surface area contributed by atoms with Crippen molar-refractivity contribution in [2.75, 3.05) is 0 Å². The fraction of sp³-hybridized carbons (Fsp3) is 0.455. The van der Waals surface area contributed by atoms with Gasteiger partial charge in [-0.25, -0.2) is 0 Å². The SMILES string of the molecule is O=P(NC12CC3CC(CC(C3)C1)C2)(c1ccccc1)c1ccccc1. The van der Waals surface area contributed by atoms with Crippen molar-refractivity contribution in [3.8, 4) is 0 Å². The summed E-state index contributed by atoms with van der Waals surface area (Å²) in [6.07, 6.45) is 7.85. The van der Waals surface area contributed by atoms with E-state index in [1.807, 2.05) is 60.7 Å². The molecule has 0 aromatic heterocycles. The van der Waals surface area contributed by atoms with Crippen LogP contribution in [0, 0.1) is 17.8 Å². The normalized spacial score (nSPS) is 33.5. The molecule has 4 fully saturated rings. The minimum atomic E-state index is -2.82. The molecule has 0 unspecified atom stereocenters. The highest BCUT2D eigenvalue weighted by Gasteiger charge is 2.53. The third-order valence-electron chi connectivity index (χ3n) is 6.67. The van der Waals surface area contributed by atoms with Crippen LogP contribution in [0.4, 0.5) is 0 Å². The van der Waals surface area contributed by atoms with E-state index in [0.29, 0.717) is 0 Å². The molecular weight excluding hydrogens is 325 g/mol. The third-order valence-corrected chi connectivity index (χ3v) is 9.51. The van der Waals surface area contributed by atoms with Gasteiger partial charge in [0.2, 0.25) is 7.29 Å². The third kappa shape index (κ3) is 2.71. The molecule has 0 heterocycles. The molecule has 2 aromatic carbocycles. The summed E-state index contributed by atoms with van der Waals surface area (Å²) in [6.45, 7) is 0. The van der Waals surface area contributed by atoms with Gasteiger partial charge in [-0.2, -0.15) is 0 Å². The van der Waals surface area contributed by atoms with E-state index in [9.17, 15) is 4.57 Å². The van der Waals surface area contributed by atoms with Crippen molar-refractivity contribution < 1.29 is 4.57 Å². The summed E-state index contributed by atoms with van der Waals surface area (Å²) >= 11 is 0. The van der Waals surface area contributed by atoms with E-state index in [1.54, 1.807) is 0 Å². The lowest BCUT2D eigenvalue weighted by Gasteiger charge is -2.57. The zero-order valence-corrected chi connectivity index (χ0v) is 15.5. The summed E-state index contributed by atoms with van der Waals surface area (Å²) in [4.78, 5) is 0. The monoisotopic (exact) mass is 351 g/mol. The molecule has 4 aliphatic carbocycles. The van der Waals surface area contributed by atoms with Crippen molar-refractivity contribution in [1.82, 2.24) is 5.09 Å². The van der Waals surface area contributed by atoms with Crippen LogP contribution in [-0.2, 0) is 4.57 Å².